The zero-order valence-electron chi connectivity index (χ0n) is 11.7. The van der Waals surface area contributed by atoms with Gasteiger partial charge in [-0.15, -0.1) is 0 Å². The Morgan fingerprint density at radius 1 is 1.50 bits per heavy atom. The van der Waals surface area contributed by atoms with E-state index in [1.165, 1.54) is 25.5 Å². The van der Waals surface area contributed by atoms with Gasteiger partial charge in [0, 0.05) is 24.5 Å². The van der Waals surface area contributed by atoms with Gasteiger partial charge in [0.1, 0.15) is 6.61 Å². The first-order valence-electron chi connectivity index (χ1n) is 7.03. The minimum absolute atomic E-state index is 0.107. The van der Waals surface area contributed by atoms with Crippen molar-refractivity contribution in [3.8, 4) is 11.8 Å². The normalized spacial score (nSPS) is 21.1. The lowest BCUT2D eigenvalue weighted by Gasteiger charge is -2.15. The molecular weight excluding hydrogens is 252 g/mol. The smallest absolute Gasteiger partial charge is 0.252 e. The Kier molecular flexibility index (Phi) is 5.14. The average molecular weight is 272 g/mol. The standard InChI is InChI=1S/C16H20N2O2/c1-12-4-2-6-14(12)11-18-16(20)15-8-13(5-3-7-19)9-17-10-15/h8-10,12,14,19H,2,4,6-7,11H2,1H3,(H,18,20). The fourth-order valence-corrected chi connectivity index (χ4v) is 2.63. The lowest BCUT2D eigenvalue weighted by atomic mass is 9.98. The van der Waals surface area contributed by atoms with Crippen molar-refractivity contribution in [1.82, 2.24) is 10.3 Å². The number of nitrogens with zero attached hydrogens (tertiary/aromatic N) is 1. The summed E-state index contributed by atoms with van der Waals surface area (Å²) in [5.74, 6) is 6.47. The van der Waals surface area contributed by atoms with Crippen LogP contribution in [0.2, 0.25) is 0 Å². The highest BCUT2D eigenvalue weighted by molar-refractivity contribution is 5.94. The SMILES string of the molecule is CC1CCCC1CNC(=O)c1cncc(C#CCO)c1. The van der Waals surface area contributed by atoms with Gasteiger partial charge < -0.3 is 10.4 Å². The molecule has 1 aromatic heterocycles. The number of hydrogen-bond donors (Lipinski definition) is 2. The molecule has 1 aliphatic rings. The number of rotatable bonds is 3. The Hall–Kier alpha value is -1.86. The van der Waals surface area contributed by atoms with Crippen LogP contribution in [0.5, 0.6) is 0 Å². The van der Waals surface area contributed by atoms with Gasteiger partial charge in [0.15, 0.2) is 0 Å². The summed E-state index contributed by atoms with van der Waals surface area (Å²) in [5.41, 5.74) is 1.15. The number of aromatic nitrogens is 1. The Morgan fingerprint density at radius 3 is 3.05 bits per heavy atom. The second-order valence-electron chi connectivity index (χ2n) is 5.30. The van der Waals surface area contributed by atoms with Crippen molar-refractivity contribution in [2.45, 2.75) is 26.2 Å². The van der Waals surface area contributed by atoms with Crippen LogP contribution in [0, 0.1) is 23.7 Å². The minimum Gasteiger partial charge on any atom is -0.384 e. The van der Waals surface area contributed by atoms with E-state index in [4.69, 9.17) is 5.11 Å². The second-order valence-corrected chi connectivity index (χ2v) is 5.30. The van der Waals surface area contributed by atoms with Crippen LogP contribution in [0.15, 0.2) is 18.5 Å². The summed E-state index contributed by atoms with van der Waals surface area (Å²) < 4.78 is 0. The van der Waals surface area contributed by atoms with E-state index in [-0.39, 0.29) is 12.5 Å². The number of amides is 1. The van der Waals surface area contributed by atoms with Crippen LogP contribution in [0.4, 0.5) is 0 Å². The third-order valence-electron chi connectivity index (χ3n) is 3.88. The molecular formula is C16H20N2O2. The topological polar surface area (TPSA) is 62.2 Å². The molecule has 4 heteroatoms. The number of carbonyl (C=O) groups excluding carboxylic acids is 1. The summed E-state index contributed by atoms with van der Waals surface area (Å²) in [4.78, 5) is 16.1. The quantitative estimate of drug-likeness (QED) is 0.821. The lowest BCUT2D eigenvalue weighted by Crippen LogP contribution is -2.30. The largest absolute Gasteiger partial charge is 0.384 e. The summed E-state index contributed by atoms with van der Waals surface area (Å²) >= 11 is 0. The van der Waals surface area contributed by atoms with Crippen molar-refractivity contribution in [3.05, 3.63) is 29.6 Å². The van der Waals surface area contributed by atoms with Gasteiger partial charge in [-0.25, -0.2) is 0 Å². The fourth-order valence-electron chi connectivity index (χ4n) is 2.63. The van der Waals surface area contributed by atoms with Crippen molar-refractivity contribution in [1.29, 1.82) is 0 Å². The zero-order valence-corrected chi connectivity index (χ0v) is 11.7. The molecule has 0 aliphatic heterocycles. The molecule has 1 aromatic rings. The number of hydrogen-bond acceptors (Lipinski definition) is 3. The third kappa shape index (κ3) is 3.82. The van der Waals surface area contributed by atoms with Gasteiger partial charge >= 0.3 is 0 Å². The molecule has 1 heterocycles. The summed E-state index contributed by atoms with van der Waals surface area (Å²) in [5, 5.41) is 11.6. The molecule has 2 N–H and O–H groups in total. The van der Waals surface area contributed by atoms with Gasteiger partial charge in [0.2, 0.25) is 0 Å². The zero-order chi connectivity index (χ0) is 14.4. The van der Waals surface area contributed by atoms with E-state index >= 15 is 0 Å². The summed E-state index contributed by atoms with van der Waals surface area (Å²) in [6.07, 6.45) is 6.83. The van der Waals surface area contributed by atoms with Crippen molar-refractivity contribution in [2.24, 2.45) is 11.8 Å². The molecule has 20 heavy (non-hydrogen) atoms. The van der Waals surface area contributed by atoms with E-state index in [9.17, 15) is 4.79 Å². The van der Waals surface area contributed by atoms with Gasteiger partial charge in [-0.2, -0.15) is 0 Å². The highest BCUT2D eigenvalue weighted by Crippen LogP contribution is 2.30. The molecule has 2 atom stereocenters. The number of pyridine rings is 1. The van der Waals surface area contributed by atoms with Crippen molar-refractivity contribution in [3.63, 3.8) is 0 Å². The summed E-state index contributed by atoms with van der Waals surface area (Å²) in [7, 11) is 0. The number of nitrogens with one attached hydrogen (secondary N) is 1. The molecule has 0 bridgehead atoms. The van der Waals surface area contributed by atoms with E-state index < -0.39 is 0 Å². The number of carbonyl (C=O) groups is 1. The van der Waals surface area contributed by atoms with Gasteiger partial charge in [-0.1, -0.05) is 31.6 Å². The van der Waals surface area contributed by atoms with Crippen molar-refractivity contribution in [2.75, 3.05) is 13.2 Å². The maximum atomic E-state index is 12.1. The van der Waals surface area contributed by atoms with Crippen LogP contribution in [0.1, 0.15) is 42.1 Å². The molecule has 1 aliphatic carbocycles. The summed E-state index contributed by atoms with van der Waals surface area (Å²) in [6.45, 7) is 2.78. The molecule has 4 nitrogen and oxygen atoms in total. The van der Waals surface area contributed by atoms with Gasteiger partial charge in [-0.3, -0.25) is 9.78 Å². The van der Waals surface area contributed by atoms with Crippen LogP contribution in [-0.2, 0) is 0 Å². The molecule has 0 radical (unpaired) electrons. The first kappa shape index (κ1) is 14.5. The Labute approximate surface area is 119 Å². The Morgan fingerprint density at radius 2 is 2.35 bits per heavy atom. The van der Waals surface area contributed by atoms with E-state index in [0.29, 0.717) is 23.0 Å². The first-order valence-corrected chi connectivity index (χ1v) is 7.03. The average Bonchev–Trinajstić information content (AvgIpc) is 2.88. The van der Waals surface area contributed by atoms with Gasteiger partial charge in [0.25, 0.3) is 5.91 Å². The van der Waals surface area contributed by atoms with Crippen LogP contribution < -0.4 is 5.32 Å². The molecule has 0 saturated heterocycles. The molecule has 1 saturated carbocycles. The van der Waals surface area contributed by atoms with Crippen molar-refractivity contribution < 1.29 is 9.90 Å². The Bertz CT molecular complexity index is 531. The van der Waals surface area contributed by atoms with Crippen LogP contribution >= 0.6 is 0 Å². The third-order valence-corrected chi connectivity index (χ3v) is 3.88. The van der Waals surface area contributed by atoms with Crippen LogP contribution in [0.25, 0.3) is 0 Å². The maximum absolute atomic E-state index is 12.1. The summed E-state index contributed by atoms with van der Waals surface area (Å²) in [6, 6.07) is 1.70. The molecule has 2 rings (SSSR count). The van der Waals surface area contributed by atoms with Gasteiger partial charge in [0.05, 0.1) is 5.56 Å². The fraction of sp³-hybridized carbons (Fsp3) is 0.500. The van der Waals surface area contributed by atoms with Gasteiger partial charge in [-0.05, 0) is 24.3 Å². The van der Waals surface area contributed by atoms with Crippen LogP contribution in [-0.4, -0.2) is 29.1 Å². The first-order chi connectivity index (χ1) is 9.70. The molecule has 0 aromatic carbocycles. The highest BCUT2D eigenvalue weighted by atomic mass is 16.2. The second kappa shape index (κ2) is 7.06. The molecule has 106 valence electrons. The predicted molar refractivity (Wildman–Crippen MR) is 77.0 cm³/mol. The number of aliphatic hydroxyl groups excluding tert-OH is 1. The Balaban J connectivity index is 1.95. The molecule has 1 fully saturated rings. The van der Waals surface area contributed by atoms with E-state index in [1.807, 2.05) is 0 Å². The van der Waals surface area contributed by atoms with E-state index in [1.54, 1.807) is 12.3 Å². The minimum atomic E-state index is -0.198. The number of aliphatic hydroxyl groups is 1. The predicted octanol–water partition coefficient (Wildman–Crippen LogP) is 1.59. The highest BCUT2D eigenvalue weighted by Gasteiger charge is 2.23. The monoisotopic (exact) mass is 272 g/mol. The molecule has 2 unspecified atom stereocenters. The van der Waals surface area contributed by atoms with E-state index in [2.05, 4.69) is 29.1 Å². The van der Waals surface area contributed by atoms with Crippen molar-refractivity contribution >= 4 is 5.91 Å². The molecule has 0 spiro atoms. The maximum Gasteiger partial charge on any atom is 0.252 e. The van der Waals surface area contributed by atoms with E-state index in [0.717, 1.165) is 6.54 Å². The lowest BCUT2D eigenvalue weighted by molar-refractivity contribution is 0.0944. The molecule has 1 amide bonds. The van der Waals surface area contributed by atoms with Crippen LogP contribution in [0.3, 0.4) is 0 Å².